The third kappa shape index (κ3) is 3.89. The van der Waals surface area contributed by atoms with E-state index in [0.29, 0.717) is 6.42 Å². The molecule has 1 heterocycles. The first-order valence-electron chi connectivity index (χ1n) is 4.45. The van der Waals surface area contributed by atoms with Crippen LogP contribution >= 0.6 is 11.3 Å². The highest BCUT2D eigenvalue weighted by atomic mass is 32.1. The summed E-state index contributed by atoms with van der Waals surface area (Å²) in [6, 6.07) is 4.05. The Balaban J connectivity index is 2.29. The maximum Gasteiger partial charge on any atom is 0.0613 e. The maximum absolute atomic E-state index is 9.65. The van der Waals surface area contributed by atoms with Gasteiger partial charge in [0, 0.05) is 18.4 Å². The second kappa shape index (κ2) is 5.37. The van der Waals surface area contributed by atoms with Crippen LogP contribution in [0.5, 0.6) is 0 Å². The van der Waals surface area contributed by atoms with Gasteiger partial charge >= 0.3 is 0 Å². The predicted molar refractivity (Wildman–Crippen MR) is 55.1 cm³/mol. The smallest absolute Gasteiger partial charge is 0.0613 e. The highest BCUT2D eigenvalue weighted by Crippen LogP contribution is 2.13. The van der Waals surface area contributed by atoms with Crippen molar-refractivity contribution in [1.82, 2.24) is 0 Å². The Morgan fingerprint density at radius 2 is 2.38 bits per heavy atom. The Kier molecular flexibility index (Phi) is 4.42. The lowest BCUT2D eigenvalue weighted by Gasteiger charge is -2.14. The van der Waals surface area contributed by atoms with E-state index in [2.05, 4.69) is 0 Å². The molecule has 1 rings (SSSR count). The lowest BCUT2D eigenvalue weighted by molar-refractivity contribution is 0.0568. The molecular formula is C10H16O2S. The van der Waals surface area contributed by atoms with Crippen molar-refractivity contribution in [2.45, 2.75) is 32.0 Å². The van der Waals surface area contributed by atoms with Crippen LogP contribution in [-0.4, -0.2) is 24.4 Å². The zero-order chi connectivity index (χ0) is 9.68. The largest absolute Gasteiger partial charge is 0.393 e. The van der Waals surface area contributed by atoms with Crippen molar-refractivity contribution in [3.8, 4) is 0 Å². The molecule has 13 heavy (non-hydrogen) atoms. The minimum Gasteiger partial charge on any atom is -0.393 e. The van der Waals surface area contributed by atoms with Crippen molar-refractivity contribution >= 4 is 11.3 Å². The summed E-state index contributed by atoms with van der Waals surface area (Å²) in [5, 5.41) is 11.7. The van der Waals surface area contributed by atoms with E-state index in [4.69, 9.17) is 4.74 Å². The maximum atomic E-state index is 9.65. The number of thiophene rings is 1. The average molecular weight is 200 g/mol. The Hall–Kier alpha value is -0.380. The minimum atomic E-state index is -0.284. The van der Waals surface area contributed by atoms with Gasteiger partial charge in [0.25, 0.3) is 0 Å². The molecule has 0 saturated heterocycles. The van der Waals surface area contributed by atoms with Crippen molar-refractivity contribution in [1.29, 1.82) is 0 Å². The van der Waals surface area contributed by atoms with Crippen LogP contribution in [0.3, 0.4) is 0 Å². The van der Waals surface area contributed by atoms with Gasteiger partial charge in [-0.25, -0.2) is 0 Å². The number of hydrogen-bond donors (Lipinski definition) is 1. The Labute approximate surface area is 83.2 Å². The first-order valence-corrected chi connectivity index (χ1v) is 5.33. The molecule has 0 aromatic carbocycles. The average Bonchev–Trinajstić information content (AvgIpc) is 2.56. The van der Waals surface area contributed by atoms with Gasteiger partial charge < -0.3 is 9.84 Å². The van der Waals surface area contributed by atoms with E-state index in [9.17, 15) is 5.11 Å². The van der Waals surface area contributed by atoms with E-state index >= 15 is 0 Å². The van der Waals surface area contributed by atoms with Crippen LogP contribution < -0.4 is 0 Å². The van der Waals surface area contributed by atoms with Crippen LogP contribution in [0.4, 0.5) is 0 Å². The molecule has 0 aliphatic rings. The quantitative estimate of drug-likeness (QED) is 0.788. The summed E-state index contributed by atoms with van der Waals surface area (Å²) in [5.74, 6) is 0. The molecule has 3 heteroatoms. The van der Waals surface area contributed by atoms with Gasteiger partial charge in [-0.3, -0.25) is 0 Å². The first kappa shape index (κ1) is 10.7. The molecule has 1 aromatic heterocycles. The van der Waals surface area contributed by atoms with Gasteiger partial charge in [-0.1, -0.05) is 6.07 Å². The molecule has 1 N–H and O–H groups in total. The molecule has 0 spiro atoms. The van der Waals surface area contributed by atoms with E-state index in [1.807, 2.05) is 24.4 Å². The monoisotopic (exact) mass is 200 g/mol. The molecule has 2 nitrogen and oxygen atoms in total. The first-order chi connectivity index (χ1) is 6.22. The molecule has 0 amide bonds. The summed E-state index contributed by atoms with van der Waals surface area (Å²) in [6.07, 6.45) is 1.29. The van der Waals surface area contributed by atoms with Crippen LogP contribution in [0.25, 0.3) is 0 Å². The van der Waals surface area contributed by atoms with Crippen molar-refractivity contribution in [3.63, 3.8) is 0 Å². The summed E-state index contributed by atoms with van der Waals surface area (Å²) in [6.45, 7) is 1.97. The summed E-state index contributed by atoms with van der Waals surface area (Å²) in [5.41, 5.74) is 0. The van der Waals surface area contributed by atoms with Crippen LogP contribution in [0.15, 0.2) is 17.5 Å². The zero-order valence-corrected chi connectivity index (χ0v) is 8.88. The van der Waals surface area contributed by atoms with Crippen molar-refractivity contribution in [2.75, 3.05) is 7.11 Å². The fraction of sp³-hybridized carbons (Fsp3) is 0.600. The molecule has 2 atom stereocenters. The van der Waals surface area contributed by atoms with Gasteiger partial charge in [-0.2, -0.15) is 0 Å². The fourth-order valence-corrected chi connectivity index (χ4v) is 2.00. The molecule has 0 fully saturated rings. The van der Waals surface area contributed by atoms with Gasteiger partial charge in [0.2, 0.25) is 0 Å². The van der Waals surface area contributed by atoms with E-state index in [-0.39, 0.29) is 12.2 Å². The van der Waals surface area contributed by atoms with Crippen LogP contribution in [0.2, 0.25) is 0 Å². The Morgan fingerprint density at radius 3 is 2.92 bits per heavy atom. The summed E-state index contributed by atoms with van der Waals surface area (Å²) >= 11 is 1.69. The third-order valence-corrected chi connectivity index (χ3v) is 2.92. The Bertz CT molecular complexity index is 221. The normalized spacial score (nSPS) is 15.6. The second-order valence-corrected chi connectivity index (χ2v) is 4.25. The van der Waals surface area contributed by atoms with Gasteiger partial charge in [-0.15, -0.1) is 11.3 Å². The van der Waals surface area contributed by atoms with E-state index in [1.54, 1.807) is 18.4 Å². The summed E-state index contributed by atoms with van der Waals surface area (Å²) in [4.78, 5) is 1.23. The second-order valence-electron chi connectivity index (χ2n) is 3.22. The van der Waals surface area contributed by atoms with E-state index in [1.165, 1.54) is 4.88 Å². The van der Waals surface area contributed by atoms with E-state index < -0.39 is 0 Å². The van der Waals surface area contributed by atoms with Crippen molar-refractivity contribution in [2.24, 2.45) is 0 Å². The number of aliphatic hydroxyl groups excluding tert-OH is 1. The van der Waals surface area contributed by atoms with Gasteiger partial charge in [0.1, 0.15) is 0 Å². The molecule has 0 saturated carbocycles. The minimum absolute atomic E-state index is 0.134. The molecule has 74 valence electrons. The van der Waals surface area contributed by atoms with Crippen LogP contribution in [-0.2, 0) is 11.2 Å². The topological polar surface area (TPSA) is 29.5 Å². The molecule has 2 unspecified atom stereocenters. The molecular weight excluding hydrogens is 184 g/mol. The molecule has 0 aliphatic heterocycles. The van der Waals surface area contributed by atoms with Crippen LogP contribution in [0.1, 0.15) is 18.2 Å². The lowest BCUT2D eigenvalue weighted by Crippen LogP contribution is -2.18. The summed E-state index contributed by atoms with van der Waals surface area (Å²) < 4.78 is 5.08. The number of hydrogen-bond acceptors (Lipinski definition) is 3. The molecule has 0 bridgehead atoms. The summed E-state index contributed by atoms with van der Waals surface area (Å²) in [7, 11) is 1.67. The zero-order valence-electron chi connectivity index (χ0n) is 8.06. The SMILES string of the molecule is COC(C)CC(O)Cc1cccs1. The Morgan fingerprint density at radius 1 is 1.62 bits per heavy atom. The number of aliphatic hydroxyl groups is 1. The predicted octanol–water partition coefficient (Wildman–Crippen LogP) is 2.08. The van der Waals surface area contributed by atoms with Crippen molar-refractivity contribution in [3.05, 3.63) is 22.4 Å². The fourth-order valence-electron chi connectivity index (χ4n) is 1.22. The van der Waals surface area contributed by atoms with Gasteiger partial charge in [0.05, 0.1) is 12.2 Å². The highest BCUT2D eigenvalue weighted by Gasteiger charge is 2.10. The third-order valence-electron chi connectivity index (χ3n) is 2.02. The number of methoxy groups -OCH3 is 1. The molecule has 0 aliphatic carbocycles. The van der Waals surface area contributed by atoms with Crippen LogP contribution in [0, 0.1) is 0 Å². The van der Waals surface area contributed by atoms with Crippen molar-refractivity contribution < 1.29 is 9.84 Å². The van der Waals surface area contributed by atoms with Gasteiger partial charge in [-0.05, 0) is 24.8 Å². The van der Waals surface area contributed by atoms with Gasteiger partial charge in [0.15, 0.2) is 0 Å². The standard InChI is InChI=1S/C10H16O2S/c1-8(12-2)6-9(11)7-10-4-3-5-13-10/h3-5,8-9,11H,6-7H2,1-2H3. The molecule has 0 radical (unpaired) electrons. The molecule has 1 aromatic rings. The lowest BCUT2D eigenvalue weighted by atomic mass is 10.1. The van der Waals surface area contributed by atoms with E-state index in [0.717, 1.165) is 6.42 Å². The number of rotatable bonds is 5. The number of ether oxygens (including phenoxy) is 1. The highest BCUT2D eigenvalue weighted by molar-refractivity contribution is 7.09.